The van der Waals surface area contributed by atoms with E-state index >= 15 is 0 Å². The van der Waals surface area contributed by atoms with Crippen molar-refractivity contribution in [1.82, 2.24) is 5.32 Å². The lowest BCUT2D eigenvalue weighted by atomic mass is 10.0. The van der Waals surface area contributed by atoms with Crippen LogP contribution in [0.15, 0.2) is 28.7 Å². The first kappa shape index (κ1) is 20.0. The molecule has 3 N–H and O–H groups in total. The SMILES string of the molecule is CC(C)[C@H](O)CCNC(=O)CSCC(=O)Nc1cccc(Br)c1. The summed E-state index contributed by atoms with van der Waals surface area (Å²) in [4.78, 5) is 23.4. The van der Waals surface area contributed by atoms with Crippen molar-refractivity contribution in [1.29, 1.82) is 0 Å². The van der Waals surface area contributed by atoms with Crippen LogP contribution in [0.4, 0.5) is 5.69 Å². The maximum atomic E-state index is 11.8. The van der Waals surface area contributed by atoms with Crippen LogP contribution >= 0.6 is 27.7 Å². The van der Waals surface area contributed by atoms with E-state index in [1.165, 1.54) is 11.8 Å². The van der Waals surface area contributed by atoms with Crippen molar-refractivity contribution >= 4 is 45.2 Å². The third-order valence-electron chi connectivity index (χ3n) is 3.11. The molecule has 0 saturated heterocycles. The van der Waals surface area contributed by atoms with E-state index in [0.717, 1.165) is 10.2 Å². The number of anilines is 1. The average molecular weight is 403 g/mol. The quantitative estimate of drug-likeness (QED) is 0.593. The summed E-state index contributed by atoms with van der Waals surface area (Å²) in [7, 11) is 0. The molecule has 1 aromatic carbocycles. The zero-order valence-corrected chi connectivity index (χ0v) is 15.7. The molecule has 0 aliphatic rings. The molecule has 0 fully saturated rings. The van der Waals surface area contributed by atoms with E-state index in [9.17, 15) is 14.7 Å². The molecule has 7 heteroatoms. The van der Waals surface area contributed by atoms with E-state index in [2.05, 4.69) is 26.6 Å². The van der Waals surface area contributed by atoms with Crippen molar-refractivity contribution in [3.63, 3.8) is 0 Å². The summed E-state index contributed by atoms with van der Waals surface area (Å²) in [5, 5.41) is 15.1. The molecule has 1 atom stereocenters. The Kier molecular flexibility index (Phi) is 9.28. The lowest BCUT2D eigenvalue weighted by molar-refractivity contribution is -0.118. The fourth-order valence-corrected chi connectivity index (χ4v) is 2.79. The fraction of sp³-hybridized carbons (Fsp3) is 0.500. The van der Waals surface area contributed by atoms with Gasteiger partial charge in [-0.3, -0.25) is 9.59 Å². The molecule has 0 spiro atoms. The molecule has 128 valence electrons. The summed E-state index contributed by atoms with van der Waals surface area (Å²) < 4.78 is 0.894. The Balaban J connectivity index is 2.15. The van der Waals surface area contributed by atoms with Gasteiger partial charge in [-0.1, -0.05) is 35.8 Å². The Morgan fingerprint density at radius 3 is 2.61 bits per heavy atom. The van der Waals surface area contributed by atoms with Crippen molar-refractivity contribution < 1.29 is 14.7 Å². The summed E-state index contributed by atoms with van der Waals surface area (Å²) in [6.45, 7) is 4.32. The van der Waals surface area contributed by atoms with E-state index in [1.54, 1.807) is 6.07 Å². The first-order valence-corrected chi connectivity index (χ1v) is 9.41. The molecule has 0 heterocycles. The lowest BCUT2D eigenvalue weighted by Gasteiger charge is -2.14. The van der Waals surface area contributed by atoms with E-state index in [0.29, 0.717) is 13.0 Å². The summed E-state index contributed by atoms with van der Waals surface area (Å²) in [5.41, 5.74) is 0.720. The second kappa shape index (κ2) is 10.7. The van der Waals surface area contributed by atoms with E-state index in [1.807, 2.05) is 32.0 Å². The van der Waals surface area contributed by atoms with E-state index in [4.69, 9.17) is 0 Å². The molecular weight excluding hydrogens is 380 g/mol. The lowest BCUT2D eigenvalue weighted by Crippen LogP contribution is -2.30. The van der Waals surface area contributed by atoms with Crippen LogP contribution in [0.2, 0.25) is 0 Å². The predicted octanol–water partition coefficient (Wildman–Crippen LogP) is 2.64. The van der Waals surface area contributed by atoms with Gasteiger partial charge in [0.25, 0.3) is 0 Å². The Labute approximate surface area is 149 Å². The highest BCUT2D eigenvalue weighted by atomic mass is 79.9. The van der Waals surface area contributed by atoms with E-state index in [-0.39, 0.29) is 29.2 Å². The van der Waals surface area contributed by atoms with Crippen LogP contribution < -0.4 is 10.6 Å². The second-order valence-corrected chi connectivity index (χ2v) is 7.40. The van der Waals surface area contributed by atoms with Gasteiger partial charge in [0.05, 0.1) is 17.6 Å². The van der Waals surface area contributed by atoms with Crippen LogP contribution in [0.25, 0.3) is 0 Å². The Morgan fingerprint density at radius 1 is 1.26 bits per heavy atom. The number of hydrogen-bond donors (Lipinski definition) is 3. The van der Waals surface area contributed by atoms with Crippen molar-refractivity contribution in [2.24, 2.45) is 5.92 Å². The minimum absolute atomic E-state index is 0.124. The standard InChI is InChI=1S/C16H23BrN2O3S/c1-11(2)14(20)6-7-18-15(21)9-23-10-16(22)19-13-5-3-4-12(17)8-13/h3-5,8,11,14,20H,6-7,9-10H2,1-2H3,(H,18,21)(H,19,22)/t14-/m1/s1. The summed E-state index contributed by atoms with van der Waals surface area (Å²) in [6, 6.07) is 7.34. The smallest absolute Gasteiger partial charge is 0.234 e. The van der Waals surface area contributed by atoms with Crippen molar-refractivity contribution in [3.05, 3.63) is 28.7 Å². The number of aliphatic hydroxyl groups is 1. The van der Waals surface area contributed by atoms with Gasteiger partial charge in [0.2, 0.25) is 11.8 Å². The first-order valence-electron chi connectivity index (χ1n) is 7.46. The van der Waals surface area contributed by atoms with Crippen molar-refractivity contribution in [3.8, 4) is 0 Å². The summed E-state index contributed by atoms with van der Waals surface area (Å²) in [5.74, 6) is 0.360. The third-order valence-corrected chi connectivity index (χ3v) is 4.53. The Hall–Kier alpha value is -1.05. The molecule has 23 heavy (non-hydrogen) atoms. The molecule has 0 radical (unpaired) electrons. The number of aliphatic hydroxyl groups excluding tert-OH is 1. The fourth-order valence-electron chi connectivity index (χ4n) is 1.74. The molecule has 0 aliphatic carbocycles. The van der Waals surface area contributed by atoms with Gasteiger partial charge in [-0.25, -0.2) is 0 Å². The molecule has 0 unspecified atom stereocenters. The van der Waals surface area contributed by atoms with Gasteiger partial charge in [-0.2, -0.15) is 0 Å². The molecular formula is C16H23BrN2O3S. The normalized spacial score (nSPS) is 12.0. The summed E-state index contributed by atoms with van der Waals surface area (Å²) >= 11 is 4.60. The monoisotopic (exact) mass is 402 g/mol. The molecule has 0 saturated carbocycles. The molecule has 1 aromatic rings. The van der Waals surface area contributed by atoms with E-state index < -0.39 is 6.10 Å². The molecule has 2 amide bonds. The number of amides is 2. The number of hydrogen-bond acceptors (Lipinski definition) is 4. The van der Waals surface area contributed by atoms with Crippen molar-refractivity contribution in [2.45, 2.75) is 26.4 Å². The predicted molar refractivity (Wildman–Crippen MR) is 98.6 cm³/mol. The minimum atomic E-state index is -0.404. The van der Waals surface area contributed by atoms with Gasteiger partial charge in [0.15, 0.2) is 0 Å². The number of carbonyl (C=O) groups excluding carboxylic acids is 2. The highest BCUT2D eigenvalue weighted by molar-refractivity contribution is 9.10. The number of rotatable bonds is 9. The van der Waals surface area contributed by atoms with Crippen LogP contribution in [0, 0.1) is 5.92 Å². The number of halogens is 1. The highest BCUT2D eigenvalue weighted by Crippen LogP contribution is 2.15. The first-order chi connectivity index (χ1) is 10.9. The van der Waals surface area contributed by atoms with Crippen LogP contribution in [-0.4, -0.2) is 41.1 Å². The largest absolute Gasteiger partial charge is 0.393 e. The number of nitrogens with one attached hydrogen (secondary N) is 2. The number of benzene rings is 1. The van der Waals surface area contributed by atoms with Crippen LogP contribution in [0.5, 0.6) is 0 Å². The third kappa shape index (κ3) is 8.98. The van der Waals surface area contributed by atoms with Crippen LogP contribution in [0.3, 0.4) is 0 Å². The van der Waals surface area contributed by atoms with Gasteiger partial charge in [0.1, 0.15) is 0 Å². The molecule has 0 aliphatic heterocycles. The van der Waals surface area contributed by atoms with Crippen LogP contribution in [0.1, 0.15) is 20.3 Å². The number of carbonyl (C=O) groups is 2. The number of thioether (sulfide) groups is 1. The second-order valence-electron chi connectivity index (χ2n) is 5.50. The van der Waals surface area contributed by atoms with Gasteiger partial charge >= 0.3 is 0 Å². The zero-order valence-electron chi connectivity index (χ0n) is 13.3. The maximum Gasteiger partial charge on any atom is 0.234 e. The van der Waals surface area contributed by atoms with Gasteiger partial charge < -0.3 is 15.7 Å². The molecule has 0 bridgehead atoms. The Morgan fingerprint density at radius 2 is 1.96 bits per heavy atom. The molecule has 0 aromatic heterocycles. The maximum absolute atomic E-state index is 11.8. The molecule has 5 nitrogen and oxygen atoms in total. The Bertz CT molecular complexity index is 526. The van der Waals surface area contributed by atoms with Gasteiger partial charge in [-0.05, 0) is 30.5 Å². The highest BCUT2D eigenvalue weighted by Gasteiger charge is 2.10. The van der Waals surface area contributed by atoms with Gasteiger partial charge in [-0.15, -0.1) is 11.8 Å². The summed E-state index contributed by atoms with van der Waals surface area (Å²) in [6.07, 6.45) is 0.135. The zero-order chi connectivity index (χ0) is 17.2. The van der Waals surface area contributed by atoms with Gasteiger partial charge in [0, 0.05) is 16.7 Å². The molecule has 1 rings (SSSR count). The minimum Gasteiger partial charge on any atom is -0.393 e. The topological polar surface area (TPSA) is 78.4 Å². The van der Waals surface area contributed by atoms with Crippen molar-refractivity contribution in [2.75, 3.05) is 23.4 Å². The van der Waals surface area contributed by atoms with Crippen LogP contribution in [-0.2, 0) is 9.59 Å². The average Bonchev–Trinajstić information content (AvgIpc) is 2.46.